The maximum Gasteiger partial charge on any atom is 0.241 e. The van der Waals surface area contributed by atoms with Gasteiger partial charge in [-0.15, -0.1) is 0 Å². The van der Waals surface area contributed by atoms with Crippen LogP contribution in [0.2, 0.25) is 0 Å². The van der Waals surface area contributed by atoms with Crippen molar-refractivity contribution in [3.8, 4) is 0 Å². The number of aryl methyl sites for hydroxylation is 1. The molecule has 7 nitrogen and oxygen atoms in total. The molecule has 0 bridgehead atoms. The third-order valence-corrected chi connectivity index (χ3v) is 5.17. The van der Waals surface area contributed by atoms with E-state index in [1.165, 1.54) is 12.1 Å². The summed E-state index contributed by atoms with van der Waals surface area (Å²) in [6.07, 6.45) is 0.145. The molecule has 0 aliphatic carbocycles. The molecule has 1 heterocycles. The average molecular weight is 359 g/mol. The molecule has 3 N–H and O–H groups in total. The van der Waals surface area contributed by atoms with Crippen molar-refractivity contribution in [2.45, 2.75) is 18.2 Å². The van der Waals surface area contributed by atoms with Gasteiger partial charge in [0, 0.05) is 11.4 Å². The molecule has 0 atom stereocenters. The zero-order valence-electron chi connectivity index (χ0n) is 13.5. The summed E-state index contributed by atoms with van der Waals surface area (Å²) in [5, 5.41) is 5.26. The highest BCUT2D eigenvalue weighted by molar-refractivity contribution is 7.89. The number of hydrogen-bond donors (Lipinski definition) is 3. The first kappa shape index (κ1) is 17.1. The first-order chi connectivity index (χ1) is 11.8. The van der Waals surface area contributed by atoms with E-state index in [1.54, 1.807) is 18.2 Å². The highest BCUT2D eigenvalue weighted by Crippen LogP contribution is 2.25. The van der Waals surface area contributed by atoms with Gasteiger partial charge in [0.1, 0.15) is 0 Å². The number of carbonyl (C=O) groups is 2. The lowest BCUT2D eigenvalue weighted by Gasteiger charge is -2.09. The number of nitrogens with one attached hydrogen (secondary N) is 3. The third kappa shape index (κ3) is 4.04. The Kier molecular flexibility index (Phi) is 4.56. The van der Waals surface area contributed by atoms with Crippen molar-refractivity contribution in [3.63, 3.8) is 0 Å². The Balaban J connectivity index is 1.64. The van der Waals surface area contributed by atoms with Gasteiger partial charge in [-0.3, -0.25) is 9.59 Å². The van der Waals surface area contributed by atoms with Crippen LogP contribution in [0.15, 0.2) is 47.4 Å². The fourth-order valence-corrected chi connectivity index (χ4v) is 3.49. The van der Waals surface area contributed by atoms with E-state index in [2.05, 4.69) is 15.4 Å². The lowest BCUT2D eigenvalue weighted by atomic mass is 10.2. The normalized spacial score (nSPS) is 13.2. The number of amides is 2. The predicted octanol–water partition coefficient (Wildman–Crippen LogP) is 1.41. The van der Waals surface area contributed by atoms with Crippen LogP contribution >= 0.6 is 0 Å². The maximum atomic E-state index is 12.3. The van der Waals surface area contributed by atoms with Crippen molar-refractivity contribution in [1.82, 2.24) is 4.72 Å². The summed E-state index contributed by atoms with van der Waals surface area (Å²) < 4.78 is 26.9. The van der Waals surface area contributed by atoms with Crippen LogP contribution in [-0.4, -0.2) is 26.8 Å². The number of carbonyl (C=O) groups excluding carboxylic acids is 2. The monoisotopic (exact) mass is 359 g/mol. The van der Waals surface area contributed by atoms with Gasteiger partial charge in [-0.25, -0.2) is 13.1 Å². The fourth-order valence-electron chi connectivity index (χ4n) is 2.46. The van der Waals surface area contributed by atoms with Crippen LogP contribution in [0, 0.1) is 6.92 Å². The minimum atomic E-state index is -3.84. The second-order valence-corrected chi connectivity index (χ2v) is 7.55. The Morgan fingerprint density at radius 3 is 2.60 bits per heavy atom. The molecular weight excluding hydrogens is 342 g/mol. The van der Waals surface area contributed by atoms with Crippen LogP contribution in [0.5, 0.6) is 0 Å². The number of sulfonamides is 1. The van der Waals surface area contributed by atoms with E-state index >= 15 is 0 Å². The van der Waals surface area contributed by atoms with E-state index in [0.717, 1.165) is 5.56 Å². The summed E-state index contributed by atoms with van der Waals surface area (Å²) in [6, 6.07) is 11.6. The molecule has 1 aliphatic heterocycles. The fraction of sp³-hybridized carbons (Fsp3) is 0.176. The van der Waals surface area contributed by atoms with Gasteiger partial charge in [0.05, 0.1) is 17.9 Å². The van der Waals surface area contributed by atoms with Gasteiger partial charge in [0.2, 0.25) is 21.8 Å². The molecule has 0 fully saturated rings. The third-order valence-electron chi connectivity index (χ3n) is 3.77. The first-order valence-corrected chi connectivity index (χ1v) is 9.11. The average Bonchev–Trinajstić information content (AvgIpc) is 2.94. The standard InChI is InChI=1S/C17H17N3O4S/c1-11-2-4-13(5-3-11)19-17(22)10-18-25(23,24)14-6-7-15-12(8-14)9-16(21)20-15/h2-8,18H,9-10H2,1H3,(H,19,22)(H,20,21). The van der Waals surface area contributed by atoms with E-state index in [-0.39, 0.29) is 23.8 Å². The zero-order valence-corrected chi connectivity index (χ0v) is 14.3. The smallest absolute Gasteiger partial charge is 0.241 e. The largest absolute Gasteiger partial charge is 0.326 e. The van der Waals surface area contributed by atoms with Gasteiger partial charge in [-0.05, 0) is 42.8 Å². The Bertz CT molecular complexity index is 937. The number of hydrogen-bond acceptors (Lipinski definition) is 4. The minimum Gasteiger partial charge on any atom is -0.326 e. The van der Waals surface area contributed by atoms with Gasteiger partial charge in [0.15, 0.2) is 0 Å². The molecule has 0 unspecified atom stereocenters. The van der Waals surface area contributed by atoms with Crippen LogP contribution in [0.4, 0.5) is 11.4 Å². The van der Waals surface area contributed by atoms with E-state index in [0.29, 0.717) is 16.9 Å². The number of benzene rings is 2. The minimum absolute atomic E-state index is 0.0193. The molecule has 8 heteroatoms. The number of fused-ring (bicyclic) bond motifs is 1. The molecule has 0 saturated heterocycles. The van der Waals surface area contributed by atoms with Gasteiger partial charge >= 0.3 is 0 Å². The van der Waals surface area contributed by atoms with Crippen molar-refractivity contribution in [2.75, 3.05) is 17.2 Å². The van der Waals surface area contributed by atoms with Crippen LogP contribution in [0.3, 0.4) is 0 Å². The Labute approximate surface area is 145 Å². The van der Waals surface area contributed by atoms with Gasteiger partial charge in [0.25, 0.3) is 0 Å². The summed E-state index contributed by atoms with van der Waals surface area (Å²) in [7, 11) is -3.84. The zero-order chi connectivity index (χ0) is 18.0. The number of rotatable bonds is 5. The summed E-state index contributed by atoms with van der Waals surface area (Å²) in [6.45, 7) is 1.55. The Morgan fingerprint density at radius 2 is 1.88 bits per heavy atom. The lowest BCUT2D eigenvalue weighted by molar-refractivity contribution is -0.115. The second-order valence-electron chi connectivity index (χ2n) is 5.78. The van der Waals surface area contributed by atoms with Gasteiger partial charge < -0.3 is 10.6 Å². The van der Waals surface area contributed by atoms with Crippen LogP contribution < -0.4 is 15.4 Å². The molecule has 25 heavy (non-hydrogen) atoms. The molecular formula is C17H17N3O4S. The molecule has 2 aromatic rings. The molecule has 0 aromatic heterocycles. The van der Waals surface area contributed by atoms with Gasteiger partial charge in [-0.2, -0.15) is 0 Å². The number of anilines is 2. The van der Waals surface area contributed by atoms with Crippen molar-refractivity contribution < 1.29 is 18.0 Å². The highest BCUT2D eigenvalue weighted by atomic mass is 32.2. The molecule has 3 rings (SSSR count). The molecule has 2 amide bonds. The maximum absolute atomic E-state index is 12.3. The molecule has 0 spiro atoms. The quantitative estimate of drug-likeness (QED) is 0.751. The second kappa shape index (κ2) is 6.66. The Morgan fingerprint density at radius 1 is 1.16 bits per heavy atom. The topological polar surface area (TPSA) is 104 Å². The van der Waals surface area contributed by atoms with Crippen LogP contribution in [-0.2, 0) is 26.0 Å². The van der Waals surface area contributed by atoms with E-state index < -0.39 is 15.9 Å². The van der Waals surface area contributed by atoms with Crippen molar-refractivity contribution in [3.05, 3.63) is 53.6 Å². The van der Waals surface area contributed by atoms with E-state index in [4.69, 9.17) is 0 Å². The SMILES string of the molecule is Cc1ccc(NC(=O)CNS(=O)(=O)c2ccc3c(c2)CC(=O)N3)cc1. The summed E-state index contributed by atoms with van der Waals surface area (Å²) >= 11 is 0. The van der Waals surface area contributed by atoms with E-state index in [1.807, 2.05) is 19.1 Å². The van der Waals surface area contributed by atoms with E-state index in [9.17, 15) is 18.0 Å². The van der Waals surface area contributed by atoms with Crippen molar-refractivity contribution in [1.29, 1.82) is 0 Å². The predicted molar refractivity (Wildman–Crippen MR) is 93.8 cm³/mol. The first-order valence-electron chi connectivity index (χ1n) is 7.62. The highest BCUT2D eigenvalue weighted by Gasteiger charge is 2.22. The lowest BCUT2D eigenvalue weighted by Crippen LogP contribution is -2.32. The molecule has 2 aromatic carbocycles. The van der Waals surface area contributed by atoms with Crippen molar-refractivity contribution in [2.24, 2.45) is 0 Å². The molecule has 1 aliphatic rings. The van der Waals surface area contributed by atoms with Crippen molar-refractivity contribution >= 4 is 33.2 Å². The Hall–Kier alpha value is -2.71. The van der Waals surface area contributed by atoms with Crippen LogP contribution in [0.1, 0.15) is 11.1 Å². The molecule has 0 radical (unpaired) electrons. The molecule has 130 valence electrons. The molecule has 0 saturated carbocycles. The summed E-state index contributed by atoms with van der Waals surface area (Å²) in [5.74, 6) is -0.639. The summed E-state index contributed by atoms with van der Waals surface area (Å²) in [5.41, 5.74) is 2.89. The van der Waals surface area contributed by atoms with Gasteiger partial charge in [-0.1, -0.05) is 17.7 Å². The summed E-state index contributed by atoms with van der Waals surface area (Å²) in [4.78, 5) is 23.3. The van der Waals surface area contributed by atoms with Crippen LogP contribution in [0.25, 0.3) is 0 Å².